The van der Waals surface area contributed by atoms with Crippen molar-refractivity contribution in [3.63, 3.8) is 0 Å². The summed E-state index contributed by atoms with van der Waals surface area (Å²) in [6, 6.07) is 8.57. The van der Waals surface area contributed by atoms with Crippen LogP contribution in [0.25, 0.3) is 10.9 Å². The van der Waals surface area contributed by atoms with Gasteiger partial charge in [-0.1, -0.05) is 18.2 Å². The highest BCUT2D eigenvalue weighted by Crippen LogP contribution is 2.40. The van der Waals surface area contributed by atoms with Crippen molar-refractivity contribution in [2.75, 3.05) is 13.2 Å². The maximum absolute atomic E-state index is 12.7. The van der Waals surface area contributed by atoms with Crippen molar-refractivity contribution in [2.24, 2.45) is 5.73 Å². The van der Waals surface area contributed by atoms with Gasteiger partial charge in [0.15, 0.2) is 6.61 Å². The van der Waals surface area contributed by atoms with Crippen molar-refractivity contribution in [3.05, 3.63) is 41.6 Å². The van der Waals surface area contributed by atoms with Crippen molar-refractivity contribution >= 4 is 28.7 Å². The number of amides is 2. The van der Waals surface area contributed by atoms with Crippen molar-refractivity contribution in [3.8, 4) is 0 Å². The molecule has 0 radical (unpaired) electrons. The lowest BCUT2D eigenvalue weighted by molar-refractivity contribution is -0.143. The van der Waals surface area contributed by atoms with E-state index in [0.717, 1.165) is 36.9 Å². The SMILES string of the molecule is NC(=O)[C@H]1CCCCN1C(=O)COC(=O)c1cc(C2CC2)nc2ccccc12. The number of nitrogens with zero attached hydrogens (tertiary/aromatic N) is 2. The van der Waals surface area contributed by atoms with Gasteiger partial charge in [-0.25, -0.2) is 4.79 Å². The highest BCUT2D eigenvalue weighted by Gasteiger charge is 2.31. The standard InChI is InChI=1S/C21H23N3O4/c22-20(26)18-7-3-4-10-24(18)19(25)12-28-21(27)15-11-17(13-8-9-13)23-16-6-2-1-5-14(15)16/h1-2,5-6,11,13,18H,3-4,7-10,12H2,(H2,22,26)/t18-/m1/s1. The fourth-order valence-electron chi connectivity index (χ4n) is 3.77. The van der Waals surface area contributed by atoms with Gasteiger partial charge in [-0.05, 0) is 44.2 Å². The topological polar surface area (TPSA) is 103 Å². The lowest BCUT2D eigenvalue weighted by Crippen LogP contribution is -2.51. The number of hydrogen-bond donors (Lipinski definition) is 1. The van der Waals surface area contributed by atoms with Crippen LogP contribution >= 0.6 is 0 Å². The Balaban J connectivity index is 1.51. The van der Waals surface area contributed by atoms with Crippen LogP contribution < -0.4 is 5.73 Å². The molecule has 1 aromatic carbocycles. The lowest BCUT2D eigenvalue weighted by Gasteiger charge is -2.33. The molecule has 0 bridgehead atoms. The van der Waals surface area contributed by atoms with Crippen LogP contribution in [0.2, 0.25) is 0 Å². The van der Waals surface area contributed by atoms with E-state index in [1.54, 1.807) is 6.07 Å². The number of fused-ring (bicyclic) bond motifs is 1. The summed E-state index contributed by atoms with van der Waals surface area (Å²) in [6.07, 6.45) is 4.35. The Kier molecular flexibility index (Phi) is 4.98. The van der Waals surface area contributed by atoms with E-state index in [1.165, 1.54) is 4.90 Å². The van der Waals surface area contributed by atoms with Crippen molar-refractivity contribution in [1.29, 1.82) is 0 Å². The van der Waals surface area contributed by atoms with Gasteiger partial charge in [0, 0.05) is 23.5 Å². The zero-order valence-corrected chi connectivity index (χ0v) is 15.6. The third-order valence-electron chi connectivity index (χ3n) is 5.43. The Morgan fingerprint density at radius 2 is 1.93 bits per heavy atom. The van der Waals surface area contributed by atoms with Crippen LogP contribution in [0.4, 0.5) is 0 Å². The van der Waals surface area contributed by atoms with Crippen LogP contribution in [0.3, 0.4) is 0 Å². The number of carbonyl (C=O) groups excluding carboxylic acids is 3. The first-order valence-corrected chi connectivity index (χ1v) is 9.70. The van der Waals surface area contributed by atoms with Gasteiger partial charge < -0.3 is 15.4 Å². The molecule has 7 nitrogen and oxygen atoms in total. The summed E-state index contributed by atoms with van der Waals surface area (Å²) < 4.78 is 5.32. The van der Waals surface area contributed by atoms with E-state index < -0.39 is 30.4 Å². The molecular formula is C21H23N3O4. The predicted octanol–water partition coefficient (Wildman–Crippen LogP) is 2.14. The number of rotatable bonds is 5. The molecule has 1 saturated heterocycles. The van der Waals surface area contributed by atoms with Gasteiger partial charge in [0.1, 0.15) is 6.04 Å². The molecule has 0 spiro atoms. The van der Waals surface area contributed by atoms with E-state index in [1.807, 2.05) is 24.3 Å². The number of nitrogens with two attached hydrogens (primary N) is 1. The summed E-state index contributed by atoms with van der Waals surface area (Å²) in [7, 11) is 0. The number of likely N-dealkylation sites (tertiary alicyclic amines) is 1. The first kappa shape index (κ1) is 18.4. The normalized spacial score (nSPS) is 19.4. The number of carbonyl (C=O) groups is 3. The van der Waals surface area contributed by atoms with Gasteiger partial charge in [-0.2, -0.15) is 0 Å². The summed E-state index contributed by atoms with van der Waals surface area (Å²) >= 11 is 0. The van der Waals surface area contributed by atoms with Crippen LogP contribution in [-0.2, 0) is 14.3 Å². The molecule has 1 atom stereocenters. The molecule has 4 rings (SSSR count). The number of para-hydroxylation sites is 1. The fraction of sp³-hybridized carbons (Fsp3) is 0.429. The van der Waals surface area contributed by atoms with Crippen molar-refractivity contribution in [2.45, 2.75) is 44.1 Å². The van der Waals surface area contributed by atoms with E-state index in [9.17, 15) is 14.4 Å². The molecule has 28 heavy (non-hydrogen) atoms. The Morgan fingerprint density at radius 3 is 2.68 bits per heavy atom. The van der Waals surface area contributed by atoms with E-state index in [4.69, 9.17) is 10.5 Å². The number of ether oxygens (including phenoxy) is 1. The van der Waals surface area contributed by atoms with Crippen molar-refractivity contribution < 1.29 is 19.1 Å². The van der Waals surface area contributed by atoms with E-state index >= 15 is 0 Å². The minimum Gasteiger partial charge on any atom is -0.452 e. The molecule has 2 heterocycles. The van der Waals surface area contributed by atoms with Gasteiger partial charge in [-0.15, -0.1) is 0 Å². The minimum absolute atomic E-state index is 0.391. The number of primary amides is 1. The van der Waals surface area contributed by atoms with Crippen LogP contribution in [0.5, 0.6) is 0 Å². The van der Waals surface area contributed by atoms with Crippen LogP contribution in [0, 0.1) is 0 Å². The number of esters is 1. The average molecular weight is 381 g/mol. The third-order valence-corrected chi connectivity index (χ3v) is 5.43. The molecule has 0 unspecified atom stereocenters. The Hall–Kier alpha value is -2.96. The molecule has 2 N–H and O–H groups in total. The molecule has 1 aliphatic carbocycles. The maximum atomic E-state index is 12.7. The summed E-state index contributed by atoms with van der Waals surface area (Å²) in [5.74, 6) is -1.07. The van der Waals surface area contributed by atoms with Gasteiger partial charge >= 0.3 is 5.97 Å². The predicted molar refractivity (Wildman–Crippen MR) is 103 cm³/mol. The third kappa shape index (κ3) is 3.69. The second-order valence-corrected chi connectivity index (χ2v) is 7.46. The van der Waals surface area contributed by atoms with Crippen molar-refractivity contribution in [1.82, 2.24) is 9.88 Å². The molecular weight excluding hydrogens is 358 g/mol. The summed E-state index contributed by atoms with van der Waals surface area (Å²) in [5, 5.41) is 0.706. The zero-order valence-electron chi connectivity index (χ0n) is 15.6. The molecule has 1 aromatic heterocycles. The van der Waals surface area contributed by atoms with Crippen LogP contribution in [0.1, 0.15) is 54.1 Å². The van der Waals surface area contributed by atoms with E-state index in [2.05, 4.69) is 4.98 Å². The minimum atomic E-state index is -0.622. The Bertz CT molecular complexity index is 938. The maximum Gasteiger partial charge on any atom is 0.339 e. The van der Waals surface area contributed by atoms with Gasteiger partial charge in [0.25, 0.3) is 5.91 Å². The van der Waals surface area contributed by atoms with Crippen LogP contribution in [-0.4, -0.2) is 46.9 Å². The number of pyridine rings is 1. The second-order valence-electron chi connectivity index (χ2n) is 7.46. The van der Waals surface area contributed by atoms with Gasteiger partial charge in [0.2, 0.25) is 5.91 Å². The summed E-state index contributed by atoms with van der Waals surface area (Å²) in [4.78, 5) is 42.9. The molecule has 2 fully saturated rings. The van der Waals surface area contributed by atoms with E-state index in [-0.39, 0.29) is 0 Å². The second kappa shape index (κ2) is 7.58. The Morgan fingerprint density at radius 1 is 1.14 bits per heavy atom. The Labute approximate surface area is 162 Å². The molecule has 7 heteroatoms. The molecule has 1 aliphatic heterocycles. The number of piperidine rings is 1. The summed E-state index contributed by atoms with van der Waals surface area (Å²) in [6.45, 7) is 0.0477. The molecule has 146 valence electrons. The van der Waals surface area contributed by atoms with E-state index in [0.29, 0.717) is 29.8 Å². The monoisotopic (exact) mass is 381 g/mol. The summed E-state index contributed by atoms with van der Waals surface area (Å²) in [5.41, 5.74) is 7.47. The molecule has 2 amide bonds. The lowest BCUT2D eigenvalue weighted by atomic mass is 10.0. The fourth-order valence-corrected chi connectivity index (χ4v) is 3.77. The molecule has 2 aromatic rings. The highest BCUT2D eigenvalue weighted by molar-refractivity contribution is 6.04. The highest BCUT2D eigenvalue weighted by atomic mass is 16.5. The molecule has 1 saturated carbocycles. The average Bonchev–Trinajstić information content (AvgIpc) is 3.56. The number of benzene rings is 1. The smallest absolute Gasteiger partial charge is 0.339 e. The van der Waals surface area contributed by atoms with Crippen LogP contribution in [0.15, 0.2) is 30.3 Å². The largest absolute Gasteiger partial charge is 0.452 e. The molecule has 2 aliphatic rings. The quantitative estimate of drug-likeness (QED) is 0.800. The number of hydrogen-bond acceptors (Lipinski definition) is 5. The first-order chi connectivity index (χ1) is 13.5. The van der Waals surface area contributed by atoms with Gasteiger partial charge in [-0.3, -0.25) is 14.6 Å². The zero-order chi connectivity index (χ0) is 19.7. The number of aromatic nitrogens is 1. The van der Waals surface area contributed by atoms with Gasteiger partial charge in [0.05, 0.1) is 11.1 Å². The first-order valence-electron chi connectivity index (χ1n) is 9.70.